The number of carbonyl (C=O) groups is 1. The topological polar surface area (TPSA) is 115 Å². The fraction of sp³-hybridized carbons (Fsp3) is 0.333. The Kier molecular flexibility index (Phi) is 7.78. The molecule has 0 saturated heterocycles. The number of aliphatic hydroxyl groups is 1. The quantitative estimate of drug-likeness (QED) is 0.387. The molecule has 33 heavy (non-hydrogen) atoms. The molecule has 0 radical (unpaired) electrons. The van der Waals surface area contributed by atoms with Gasteiger partial charge in [0, 0.05) is 12.2 Å². The van der Waals surface area contributed by atoms with E-state index in [0.717, 1.165) is 16.9 Å². The number of benzene rings is 2. The van der Waals surface area contributed by atoms with E-state index in [0.29, 0.717) is 29.2 Å². The average molecular weight is 472 g/mol. The van der Waals surface area contributed by atoms with Crippen LogP contribution in [0.4, 0.5) is 15.5 Å². The number of aromatic amines is 1. The maximum absolute atomic E-state index is 12.8. The second-order valence-corrected chi connectivity index (χ2v) is 9.60. The molecule has 3 rings (SSSR count). The minimum absolute atomic E-state index is 0.0781. The molecule has 0 aliphatic rings. The van der Waals surface area contributed by atoms with E-state index >= 15 is 0 Å². The number of hydrogen-bond acceptors (Lipinski definition) is 7. The largest absolute Gasteiger partial charge is 0.492 e. The molecule has 0 bridgehead atoms. The molecule has 8 nitrogen and oxygen atoms in total. The summed E-state index contributed by atoms with van der Waals surface area (Å²) in [4.78, 5) is 27.5. The van der Waals surface area contributed by atoms with Gasteiger partial charge in [0.1, 0.15) is 5.60 Å². The third kappa shape index (κ3) is 7.37. The van der Waals surface area contributed by atoms with E-state index in [4.69, 9.17) is 4.74 Å². The number of H-pyrrole nitrogens is 1. The smallest absolute Gasteiger partial charge is 0.410 e. The molecule has 9 heteroatoms. The van der Waals surface area contributed by atoms with Gasteiger partial charge in [-0.2, -0.15) is 0 Å². The number of nitrogens with one attached hydrogen (secondary N) is 2. The van der Waals surface area contributed by atoms with Crippen LogP contribution in [0.2, 0.25) is 0 Å². The van der Waals surface area contributed by atoms with Crippen LogP contribution in [0, 0.1) is 0 Å². The van der Waals surface area contributed by atoms with Gasteiger partial charge in [0.2, 0.25) is 5.88 Å². The standard InChI is InChI=1S/C24H29N3O5S/c1-24(2,3)32-23(31)27(14-13-16-7-5-4-6-8-16)15-19(28)17-9-11-18(12-10-17)25-21-20(29)26-22(30)33-21/h4-12,19,25,28-29H,13-15H2,1-3H3,(H,26,30)/t19-/m0/s1. The van der Waals surface area contributed by atoms with Gasteiger partial charge < -0.3 is 25.2 Å². The molecular weight excluding hydrogens is 442 g/mol. The predicted molar refractivity (Wildman–Crippen MR) is 129 cm³/mol. The monoisotopic (exact) mass is 471 g/mol. The molecule has 0 aliphatic heterocycles. The van der Waals surface area contributed by atoms with Crippen LogP contribution in [0.15, 0.2) is 59.4 Å². The Labute approximate surface area is 196 Å². The molecule has 4 N–H and O–H groups in total. The first-order chi connectivity index (χ1) is 15.6. The van der Waals surface area contributed by atoms with E-state index in [-0.39, 0.29) is 17.3 Å². The number of carbonyl (C=O) groups excluding carboxylic acids is 1. The van der Waals surface area contributed by atoms with Crippen molar-refractivity contribution in [1.82, 2.24) is 9.88 Å². The van der Waals surface area contributed by atoms with Gasteiger partial charge in [0.15, 0.2) is 5.00 Å². The molecule has 0 unspecified atom stereocenters. The summed E-state index contributed by atoms with van der Waals surface area (Å²) in [6.07, 6.45) is -0.758. The van der Waals surface area contributed by atoms with Crippen LogP contribution in [0.25, 0.3) is 0 Å². The van der Waals surface area contributed by atoms with Gasteiger partial charge in [0.25, 0.3) is 0 Å². The number of nitrogens with zero attached hydrogens (tertiary/aromatic N) is 1. The van der Waals surface area contributed by atoms with Crippen molar-refractivity contribution in [2.45, 2.75) is 38.9 Å². The first-order valence-electron chi connectivity index (χ1n) is 10.6. The van der Waals surface area contributed by atoms with Crippen molar-refractivity contribution < 1.29 is 19.7 Å². The number of aromatic hydroxyl groups is 1. The summed E-state index contributed by atoms with van der Waals surface area (Å²) in [5, 5.41) is 23.8. The summed E-state index contributed by atoms with van der Waals surface area (Å²) in [5.41, 5.74) is 1.71. The van der Waals surface area contributed by atoms with Crippen LogP contribution in [-0.4, -0.2) is 44.9 Å². The number of hydrogen-bond donors (Lipinski definition) is 4. The molecule has 0 fully saturated rings. The van der Waals surface area contributed by atoms with Crippen LogP contribution in [0.1, 0.15) is 38.0 Å². The van der Waals surface area contributed by atoms with Gasteiger partial charge in [-0.3, -0.25) is 9.78 Å². The highest BCUT2D eigenvalue weighted by Crippen LogP contribution is 2.28. The lowest BCUT2D eigenvalue weighted by molar-refractivity contribution is 0.0147. The van der Waals surface area contributed by atoms with Crippen LogP contribution in [0.3, 0.4) is 0 Å². The Hall–Kier alpha value is -3.30. The highest BCUT2D eigenvalue weighted by molar-refractivity contribution is 7.13. The van der Waals surface area contributed by atoms with Crippen molar-refractivity contribution in [3.05, 3.63) is 75.4 Å². The molecule has 1 atom stereocenters. The Morgan fingerprint density at radius 2 is 1.82 bits per heavy atom. The van der Waals surface area contributed by atoms with Gasteiger partial charge in [-0.25, -0.2) is 4.79 Å². The van der Waals surface area contributed by atoms with Gasteiger partial charge in [-0.15, -0.1) is 0 Å². The van der Waals surface area contributed by atoms with E-state index in [1.54, 1.807) is 45.0 Å². The summed E-state index contributed by atoms with van der Waals surface area (Å²) in [7, 11) is 0. The SMILES string of the molecule is CC(C)(C)OC(=O)N(CCc1ccccc1)C[C@H](O)c1ccc(Nc2sc(=O)[nH]c2O)cc1. The lowest BCUT2D eigenvalue weighted by Crippen LogP contribution is -2.40. The van der Waals surface area contributed by atoms with Gasteiger partial charge >= 0.3 is 11.0 Å². The maximum Gasteiger partial charge on any atom is 0.410 e. The zero-order valence-corrected chi connectivity index (χ0v) is 19.7. The normalized spacial score (nSPS) is 12.2. The van der Waals surface area contributed by atoms with Crippen LogP contribution in [-0.2, 0) is 11.2 Å². The number of ether oxygens (including phenoxy) is 1. The maximum atomic E-state index is 12.8. The van der Waals surface area contributed by atoms with E-state index in [1.807, 2.05) is 30.3 Å². The molecule has 0 aliphatic carbocycles. The third-order valence-electron chi connectivity index (χ3n) is 4.74. The van der Waals surface area contributed by atoms with Gasteiger partial charge in [0.05, 0.1) is 12.6 Å². The third-order valence-corrected chi connectivity index (χ3v) is 5.53. The zero-order valence-electron chi connectivity index (χ0n) is 18.9. The van der Waals surface area contributed by atoms with Crippen molar-refractivity contribution in [3.63, 3.8) is 0 Å². The van der Waals surface area contributed by atoms with Crippen molar-refractivity contribution >= 4 is 28.1 Å². The predicted octanol–water partition coefficient (Wildman–Crippen LogP) is 4.40. The van der Waals surface area contributed by atoms with E-state index in [2.05, 4.69) is 10.3 Å². The number of rotatable bonds is 8. The van der Waals surface area contributed by atoms with Crippen LogP contribution >= 0.6 is 11.3 Å². The minimum Gasteiger partial charge on any atom is -0.492 e. The molecule has 0 saturated carbocycles. The van der Waals surface area contributed by atoms with E-state index < -0.39 is 17.8 Å². The second kappa shape index (κ2) is 10.5. The van der Waals surface area contributed by atoms with Crippen molar-refractivity contribution in [3.8, 4) is 5.88 Å². The second-order valence-electron chi connectivity index (χ2n) is 8.62. The lowest BCUT2D eigenvalue weighted by Gasteiger charge is -2.29. The first kappa shape index (κ1) is 24.3. The Morgan fingerprint density at radius 3 is 2.39 bits per heavy atom. The molecule has 1 heterocycles. The first-order valence-corrected chi connectivity index (χ1v) is 11.4. The lowest BCUT2D eigenvalue weighted by atomic mass is 10.1. The summed E-state index contributed by atoms with van der Waals surface area (Å²) in [6, 6.07) is 16.7. The fourth-order valence-electron chi connectivity index (χ4n) is 3.13. The molecule has 3 aromatic rings. The highest BCUT2D eigenvalue weighted by atomic mass is 32.1. The average Bonchev–Trinajstić information content (AvgIpc) is 3.07. The Morgan fingerprint density at radius 1 is 1.15 bits per heavy atom. The van der Waals surface area contributed by atoms with E-state index in [9.17, 15) is 19.8 Å². The number of aromatic nitrogens is 1. The minimum atomic E-state index is -0.918. The van der Waals surface area contributed by atoms with Gasteiger partial charge in [-0.05, 0) is 50.5 Å². The molecule has 1 amide bonds. The molecule has 0 spiro atoms. The fourth-order valence-corrected chi connectivity index (χ4v) is 3.78. The summed E-state index contributed by atoms with van der Waals surface area (Å²) in [5.74, 6) is -0.222. The molecule has 2 aromatic carbocycles. The molecule has 1 aromatic heterocycles. The number of thiazole rings is 1. The molecule has 176 valence electrons. The van der Waals surface area contributed by atoms with Gasteiger partial charge in [-0.1, -0.05) is 53.8 Å². The molecular formula is C24H29N3O5S. The summed E-state index contributed by atoms with van der Waals surface area (Å²) in [6.45, 7) is 5.90. The summed E-state index contributed by atoms with van der Waals surface area (Å²) >= 11 is 0.860. The Balaban J connectivity index is 1.67. The summed E-state index contributed by atoms with van der Waals surface area (Å²) < 4.78 is 5.54. The number of anilines is 2. The number of aliphatic hydroxyl groups excluding tert-OH is 1. The zero-order chi connectivity index (χ0) is 24.0. The van der Waals surface area contributed by atoms with Crippen molar-refractivity contribution in [2.75, 3.05) is 18.4 Å². The number of amides is 1. The van der Waals surface area contributed by atoms with Crippen LogP contribution < -0.4 is 10.2 Å². The van der Waals surface area contributed by atoms with Crippen molar-refractivity contribution in [1.29, 1.82) is 0 Å². The van der Waals surface area contributed by atoms with Crippen LogP contribution in [0.5, 0.6) is 5.88 Å². The van der Waals surface area contributed by atoms with E-state index in [1.165, 1.54) is 4.90 Å². The Bertz CT molecular complexity index is 1100. The van der Waals surface area contributed by atoms with Crippen molar-refractivity contribution in [2.24, 2.45) is 0 Å². The highest BCUT2D eigenvalue weighted by Gasteiger charge is 2.24.